The van der Waals surface area contributed by atoms with Crippen LogP contribution in [0.15, 0.2) is 70.1 Å². The third kappa shape index (κ3) is 6.60. The predicted molar refractivity (Wildman–Crippen MR) is 131 cm³/mol. The zero-order chi connectivity index (χ0) is 24.6. The maximum absolute atomic E-state index is 14.0. The van der Waals surface area contributed by atoms with Crippen LogP contribution in [0, 0.1) is 5.82 Å². The molecule has 1 saturated heterocycles. The molecule has 1 aromatic heterocycles. The van der Waals surface area contributed by atoms with Crippen molar-refractivity contribution in [3.63, 3.8) is 0 Å². The van der Waals surface area contributed by atoms with Crippen molar-refractivity contribution >= 4 is 17.3 Å². The molecule has 0 radical (unpaired) electrons. The van der Waals surface area contributed by atoms with Gasteiger partial charge in [-0.3, -0.25) is 14.5 Å². The molecule has 0 atom stereocenters. The molecular weight excluding hydrogens is 453 g/mol. The highest BCUT2D eigenvalue weighted by molar-refractivity contribution is 5.91. The second-order valence-corrected chi connectivity index (χ2v) is 8.08. The molecule has 0 aliphatic carbocycles. The molecule has 0 saturated carbocycles. The number of nitrogens with one attached hydrogen (secondary N) is 1. The van der Waals surface area contributed by atoms with E-state index in [0.717, 1.165) is 0 Å². The van der Waals surface area contributed by atoms with E-state index >= 15 is 0 Å². The molecule has 0 spiro atoms. The molecule has 1 aliphatic rings. The molecule has 184 valence electrons. The van der Waals surface area contributed by atoms with Gasteiger partial charge >= 0.3 is 0 Å². The first-order valence-electron chi connectivity index (χ1n) is 11.5. The standard InChI is InChI=1S/C26H28FN3O5/c1-2-33-20-9-7-19(8-10-20)28-26(32)18-35-25-17-34-21(15-24(25)31)16-29-11-13-30(14-12-29)23-6-4-3-5-22(23)27/h3-10,15,17H,2,11-14,16,18H2,1H3,(H,28,32). The Morgan fingerprint density at radius 2 is 1.80 bits per heavy atom. The van der Waals surface area contributed by atoms with Crippen molar-refractivity contribution in [3.05, 3.63) is 82.7 Å². The summed E-state index contributed by atoms with van der Waals surface area (Å²) in [7, 11) is 0. The lowest BCUT2D eigenvalue weighted by Gasteiger charge is -2.35. The summed E-state index contributed by atoms with van der Waals surface area (Å²) in [4.78, 5) is 28.7. The van der Waals surface area contributed by atoms with Gasteiger partial charge in [0.15, 0.2) is 6.61 Å². The fourth-order valence-electron chi connectivity index (χ4n) is 3.84. The number of carbonyl (C=O) groups is 1. The minimum absolute atomic E-state index is 0.0278. The Labute approximate surface area is 202 Å². The lowest BCUT2D eigenvalue weighted by atomic mass is 10.2. The third-order valence-corrected chi connectivity index (χ3v) is 5.60. The number of benzene rings is 2. The van der Waals surface area contributed by atoms with E-state index in [0.29, 0.717) is 62.2 Å². The number of ether oxygens (including phenoxy) is 2. The van der Waals surface area contributed by atoms with Crippen molar-refractivity contribution < 1.29 is 23.1 Å². The van der Waals surface area contributed by atoms with Crippen LogP contribution in [0.2, 0.25) is 0 Å². The molecule has 35 heavy (non-hydrogen) atoms. The second-order valence-electron chi connectivity index (χ2n) is 8.08. The number of piperazine rings is 1. The van der Waals surface area contributed by atoms with Crippen molar-refractivity contribution in [1.82, 2.24) is 4.90 Å². The van der Waals surface area contributed by atoms with Crippen molar-refractivity contribution in [2.24, 2.45) is 0 Å². The largest absolute Gasteiger partial charge is 0.494 e. The average Bonchev–Trinajstić information content (AvgIpc) is 2.86. The van der Waals surface area contributed by atoms with E-state index in [1.54, 1.807) is 36.4 Å². The Bertz CT molecular complexity index is 1190. The van der Waals surface area contributed by atoms with Crippen molar-refractivity contribution in [1.29, 1.82) is 0 Å². The van der Waals surface area contributed by atoms with Crippen LogP contribution < -0.4 is 25.1 Å². The predicted octanol–water partition coefficient (Wildman–Crippen LogP) is 3.52. The summed E-state index contributed by atoms with van der Waals surface area (Å²) in [5.41, 5.74) is 0.844. The van der Waals surface area contributed by atoms with E-state index in [1.165, 1.54) is 18.4 Å². The van der Waals surface area contributed by atoms with Gasteiger partial charge in [0.25, 0.3) is 5.91 Å². The lowest BCUT2D eigenvalue weighted by molar-refractivity contribution is -0.118. The number of anilines is 2. The zero-order valence-electron chi connectivity index (χ0n) is 19.5. The van der Waals surface area contributed by atoms with Crippen LogP contribution in [-0.4, -0.2) is 50.2 Å². The van der Waals surface area contributed by atoms with Gasteiger partial charge in [0, 0.05) is 37.9 Å². The SMILES string of the molecule is CCOc1ccc(NC(=O)COc2coc(CN3CCN(c4ccccc4F)CC3)cc2=O)cc1. The fraction of sp³-hybridized carbons (Fsp3) is 0.308. The van der Waals surface area contributed by atoms with Crippen LogP contribution in [0.1, 0.15) is 12.7 Å². The summed E-state index contributed by atoms with van der Waals surface area (Å²) in [5.74, 6) is 0.563. The topological polar surface area (TPSA) is 84.2 Å². The highest BCUT2D eigenvalue weighted by Crippen LogP contribution is 2.21. The van der Waals surface area contributed by atoms with Gasteiger partial charge in [-0.05, 0) is 43.3 Å². The minimum Gasteiger partial charge on any atom is -0.494 e. The van der Waals surface area contributed by atoms with Crippen LogP contribution in [0.25, 0.3) is 0 Å². The molecule has 0 unspecified atom stereocenters. The first-order chi connectivity index (χ1) is 17.0. The minimum atomic E-state index is -0.398. The molecule has 1 fully saturated rings. The molecule has 1 aliphatic heterocycles. The van der Waals surface area contributed by atoms with Gasteiger partial charge in [0.1, 0.15) is 23.6 Å². The summed E-state index contributed by atoms with van der Waals surface area (Å²) in [6, 6.07) is 15.1. The Morgan fingerprint density at radius 1 is 1.06 bits per heavy atom. The molecule has 2 heterocycles. The lowest BCUT2D eigenvalue weighted by Crippen LogP contribution is -2.46. The van der Waals surface area contributed by atoms with Crippen molar-refractivity contribution in [2.45, 2.75) is 13.5 Å². The van der Waals surface area contributed by atoms with Gasteiger partial charge in [-0.25, -0.2) is 4.39 Å². The molecule has 3 aromatic rings. The van der Waals surface area contributed by atoms with Gasteiger partial charge in [-0.2, -0.15) is 0 Å². The van der Waals surface area contributed by atoms with E-state index in [-0.39, 0.29) is 23.6 Å². The monoisotopic (exact) mass is 481 g/mol. The maximum Gasteiger partial charge on any atom is 0.262 e. The smallest absolute Gasteiger partial charge is 0.262 e. The van der Waals surface area contributed by atoms with Crippen LogP contribution in [0.4, 0.5) is 15.8 Å². The van der Waals surface area contributed by atoms with E-state index in [4.69, 9.17) is 13.9 Å². The van der Waals surface area contributed by atoms with Crippen LogP contribution in [0.5, 0.6) is 11.5 Å². The summed E-state index contributed by atoms with van der Waals surface area (Å²) < 4.78 is 30.3. The Balaban J connectivity index is 1.24. The van der Waals surface area contributed by atoms with Gasteiger partial charge in [-0.15, -0.1) is 0 Å². The van der Waals surface area contributed by atoms with Crippen molar-refractivity contribution in [3.8, 4) is 11.5 Å². The molecule has 0 bridgehead atoms. The number of amides is 1. The summed E-state index contributed by atoms with van der Waals surface area (Å²) >= 11 is 0. The quantitative estimate of drug-likeness (QED) is 0.501. The number of hydrogen-bond donors (Lipinski definition) is 1. The Morgan fingerprint density at radius 3 is 2.49 bits per heavy atom. The average molecular weight is 482 g/mol. The third-order valence-electron chi connectivity index (χ3n) is 5.60. The van der Waals surface area contributed by atoms with Crippen molar-refractivity contribution in [2.75, 3.05) is 49.6 Å². The molecule has 9 heteroatoms. The summed E-state index contributed by atoms with van der Waals surface area (Å²) in [5, 5.41) is 2.70. The van der Waals surface area contributed by atoms with Gasteiger partial charge in [0.2, 0.25) is 11.2 Å². The van der Waals surface area contributed by atoms with E-state index in [1.807, 2.05) is 17.9 Å². The second kappa shape index (κ2) is 11.5. The van der Waals surface area contributed by atoms with Gasteiger partial charge in [0.05, 0.1) is 18.8 Å². The molecule has 1 amide bonds. The highest BCUT2D eigenvalue weighted by Gasteiger charge is 2.20. The summed E-state index contributed by atoms with van der Waals surface area (Å²) in [6.07, 6.45) is 1.23. The highest BCUT2D eigenvalue weighted by atomic mass is 19.1. The maximum atomic E-state index is 14.0. The fourth-order valence-corrected chi connectivity index (χ4v) is 3.84. The molecule has 4 rings (SSSR count). The normalized spacial score (nSPS) is 13.9. The van der Waals surface area contributed by atoms with E-state index in [9.17, 15) is 14.0 Å². The van der Waals surface area contributed by atoms with E-state index in [2.05, 4.69) is 10.2 Å². The van der Waals surface area contributed by atoms with Gasteiger partial charge < -0.3 is 24.1 Å². The summed E-state index contributed by atoms with van der Waals surface area (Å²) in [6.45, 7) is 5.36. The number of nitrogens with zero attached hydrogens (tertiary/aromatic N) is 2. The first-order valence-corrected chi connectivity index (χ1v) is 11.5. The van der Waals surface area contributed by atoms with Gasteiger partial charge in [-0.1, -0.05) is 12.1 Å². The number of rotatable bonds is 9. The van der Waals surface area contributed by atoms with Crippen LogP contribution in [0.3, 0.4) is 0 Å². The zero-order valence-corrected chi connectivity index (χ0v) is 19.5. The molecule has 2 aromatic carbocycles. The molecular formula is C26H28FN3O5. The number of hydrogen-bond acceptors (Lipinski definition) is 7. The molecule has 8 nitrogen and oxygen atoms in total. The Kier molecular flexibility index (Phi) is 7.99. The first kappa shape index (κ1) is 24.3. The van der Waals surface area contributed by atoms with E-state index < -0.39 is 5.91 Å². The Hall–Kier alpha value is -3.85. The number of para-hydroxylation sites is 1. The van der Waals surface area contributed by atoms with Crippen LogP contribution in [-0.2, 0) is 11.3 Å². The number of halogens is 1. The molecule has 1 N–H and O–H groups in total. The van der Waals surface area contributed by atoms with Crippen LogP contribution >= 0.6 is 0 Å². The number of carbonyl (C=O) groups excluding carboxylic acids is 1.